The molecular weight excluding hydrogens is 352 g/mol. The van der Waals surface area contributed by atoms with Gasteiger partial charge in [0.2, 0.25) is 0 Å². The van der Waals surface area contributed by atoms with Gasteiger partial charge < -0.3 is 14.2 Å². The van der Waals surface area contributed by atoms with Gasteiger partial charge in [0, 0.05) is 11.6 Å². The van der Waals surface area contributed by atoms with E-state index in [0.29, 0.717) is 17.1 Å². The number of methoxy groups -OCH3 is 3. The molecule has 3 aromatic rings. The second kappa shape index (κ2) is 8.91. The highest BCUT2D eigenvalue weighted by Crippen LogP contribution is 2.37. The van der Waals surface area contributed by atoms with E-state index in [9.17, 15) is 4.79 Å². The molecule has 0 aliphatic heterocycles. The highest BCUT2D eigenvalue weighted by atomic mass is 16.5. The fourth-order valence-electron chi connectivity index (χ4n) is 2.91. The number of allylic oxidation sites excluding steroid dienone is 1. The summed E-state index contributed by atoms with van der Waals surface area (Å²) in [6, 6.07) is 20.8. The standard InChI is InChI=1S/C24H22O4/c1-26-19-12-10-18(11-13-19)20-15-21(24(28-3)16-23(20)27-2)22(25)14-9-17-7-5-4-6-8-17/h4-16H,1-3H3/b14-9+. The van der Waals surface area contributed by atoms with Crippen LogP contribution in [0.5, 0.6) is 17.2 Å². The zero-order valence-electron chi connectivity index (χ0n) is 16.1. The lowest BCUT2D eigenvalue weighted by atomic mass is 9.98. The van der Waals surface area contributed by atoms with E-state index in [-0.39, 0.29) is 5.78 Å². The number of ether oxygens (including phenoxy) is 3. The Kier molecular flexibility index (Phi) is 6.12. The molecule has 28 heavy (non-hydrogen) atoms. The maximum absolute atomic E-state index is 12.9. The van der Waals surface area contributed by atoms with Crippen molar-refractivity contribution in [1.82, 2.24) is 0 Å². The van der Waals surface area contributed by atoms with Crippen LogP contribution in [-0.2, 0) is 0 Å². The number of hydrogen-bond donors (Lipinski definition) is 0. The van der Waals surface area contributed by atoms with E-state index in [1.54, 1.807) is 45.6 Å². The van der Waals surface area contributed by atoms with Crippen molar-refractivity contribution >= 4 is 11.9 Å². The molecule has 0 aliphatic rings. The van der Waals surface area contributed by atoms with Crippen LogP contribution in [-0.4, -0.2) is 27.1 Å². The Balaban J connectivity index is 2.02. The third kappa shape index (κ3) is 4.23. The van der Waals surface area contributed by atoms with Gasteiger partial charge in [-0.2, -0.15) is 0 Å². The van der Waals surface area contributed by atoms with Gasteiger partial charge in [-0.25, -0.2) is 0 Å². The second-order valence-electron chi connectivity index (χ2n) is 6.09. The number of hydrogen-bond acceptors (Lipinski definition) is 4. The molecule has 0 radical (unpaired) electrons. The van der Waals surface area contributed by atoms with Crippen molar-refractivity contribution < 1.29 is 19.0 Å². The van der Waals surface area contributed by atoms with Crippen LogP contribution in [0.3, 0.4) is 0 Å². The van der Waals surface area contributed by atoms with E-state index in [4.69, 9.17) is 14.2 Å². The molecule has 0 aromatic heterocycles. The fraction of sp³-hybridized carbons (Fsp3) is 0.125. The molecule has 0 saturated carbocycles. The Labute approximate surface area is 165 Å². The first-order valence-corrected chi connectivity index (χ1v) is 8.84. The van der Waals surface area contributed by atoms with Crippen LogP contribution in [0.4, 0.5) is 0 Å². The molecule has 0 spiro atoms. The van der Waals surface area contributed by atoms with Crippen LogP contribution in [0, 0.1) is 0 Å². The zero-order valence-corrected chi connectivity index (χ0v) is 16.1. The fourth-order valence-corrected chi connectivity index (χ4v) is 2.91. The molecule has 0 aliphatic carbocycles. The van der Waals surface area contributed by atoms with Gasteiger partial charge in [-0.05, 0) is 35.4 Å². The molecule has 0 amide bonds. The van der Waals surface area contributed by atoms with Crippen molar-refractivity contribution in [2.75, 3.05) is 21.3 Å². The summed E-state index contributed by atoms with van der Waals surface area (Å²) in [6.45, 7) is 0. The van der Waals surface area contributed by atoms with Crippen LogP contribution in [0.2, 0.25) is 0 Å². The normalized spacial score (nSPS) is 10.7. The number of carbonyl (C=O) groups is 1. The minimum atomic E-state index is -0.141. The van der Waals surface area contributed by atoms with Gasteiger partial charge in [-0.15, -0.1) is 0 Å². The molecule has 142 valence electrons. The van der Waals surface area contributed by atoms with Crippen molar-refractivity contribution in [3.63, 3.8) is 0 Å². The molecule has 4 heteroatoms. The maximum atomic E-state index is 12.9. The van der Waals surface area contributed by atoms with E-state index in [0.717, 1.165) is 22.4 Å². The molecule has 0 unspecified atom stereocenters. The summed E-state index contributed by atoms with van der Waals surface area (Å²) in [5, 5.41) is 0. The van der Waals surface area contributed by atoms with Gasteiger partial charge in [-0.3, -0.25) is 4.79 Å². The lowest BCUT2D eigenvalue weighted by Crippen LogP contribution is -2.01. The van der Waals surface area contributed by atoms with Crippen molar-refractivity contribution in [2.45, 2.75) is 0 Å². The third-order valence-corrected chi connectivity index (χ3v) is 4.41. The number of rotatable bonds is 7. The number of ketones is 1. The molecule has 0 bridgehead atoms. The molecule has 3 aromatic carbocycles. The molecule has 0 fully saturated rings. The predicted octanol–water partition coefficient (Wildman–Crippen LogP) is 5.28. The van der Waals surface area contributed by atoms with Crippen LogP contribution in [0.1, 0.15) is 15.9 Å². The summed E-state index contributed by atoms with van der Waals surface area (Å²) >= 11 is 0. The van der Waals surface area contributed by atoms with Crippen molar-refractivity contribution in [1.29, 1.82) is 0 Å². The smallest absolute Gasteiger partial charge is 0.189 e. The van der Waals surface area contributed by atoms with E-state index < -0.39 is 0 Å². The Morgan fingerprint density at radius 2 is 1.46 bits per heavy atom. The topological polar surface area (TPSA) is 44.8 Å². The zero-order chi connectivity index (χ0) is 19.9. The lowest BCUT2D eigenvalue weighted by molar-refractivity contribution is 0.104. The van der Waals surface area contributed by atoms with Crippen LogP contribution < -0.4 is 14.2 Å². The van der Waals surface area contributed by atoms with Gasteiger partial charge in [0.05, 0.1) is 26.9 Å². The summed E-state index contributed by atoms with van der Waals surface area (Å²) in [4.78, 5) is 12.9. The summed E-state index contributed by atoms with van der Waals surface area (Å²) in [5.41, 5.74) is 3.16. The van der Waals surface area contributed by atoms with E-state index in [2.05, 4.69) is 0 Å². The van der Waals surface area contributed by atoms with Gasteiger partial charge in [0.1, 0.15) is 17.2 Å². The Morgan fingerprint density at radius 1 is 0.786 bits per heavy atom. The van der Waals surface area contributed by atoms with Crippen molar-refractivity contribution in [3.8, 4) is 28.4 Å². The molecule has 4 nitrogen and oxygen atoms in total. The molecule has 0 atom stereocenters. The highest BCUT2D eigenvalue weighted by Gasteiger charge is 2.16. The second-order valence-corrected chi connectivity index (χ2v) is 6.09. The SMILES string of the molecule is COc1ccc(-c2cc(C(=O)/C=C/c3ccccc3)c(OC)cc2OC)cc1. The largest absolute Gasteiger partial charge is 0.497 e. The third-order valence-electron chi connectivity index (χ3n) is 4.41. The first-order chi connectivity index (χ1) is 13.7. The first-order valence-electron chi connectivity index (χ1n) is 8.84. The monoisotopic (exact) mass is 374 g/mol. The average molecular weight is 374 g/mol. The minimum Gasteiger partial charge on any atom is -0.497 e. The molecular formula is C24H22O4. The summed E-state index contributed by atoms with van der Waals surface area (Å²) in [6.07, 6.45) is 3.34. The molecule has 0 N–H and O–H groups in total. The predicted molar refractivity (Wildman–Crippen MR) is 111 cm³/mol. The Morgan fingerprint density at radius 3 is 2.07 bits per heavy atom. The Bertz CT molecular complexity index is 973. The van der Waals surface area contributed by atoms with Gasteiger partial charge in [0.15, 0.2) is 5.78 Å². The number of benzene rings is 3. The first kappa shape index (κ1) is 19.2. The maximum Gasteiger partial charge on any atom is 0.189 e. The van der Waals surface area contributed by atoms with Gasteiger partial charge in [0.25, 0.3) is 0 Å². The van der Waals surface area contributed by atoms with Gasteiger partial charge in [-0.1, -0.05) is 48.5 Å². The van der Waals surface area contributed by atoms with E-state index >= 15 is 0 Å². The van der Waals surface area contributed by atoms with Crippen LogP contribution in [0.15, 0.2) is 72.8 Å². The molecule has 3 rings (SSSR count). The molecule has 0 saturated heterocycles. The van der Waals surface area contributed by atoms with E-state index in [1.165, 1.54) is 0 Å². The van der Waals surface area contributed by atoms with Crippen molar-refractivity contribution in [3.05, 3.63) is 83.9 Å². The van der Waals surface area contributed by atoms with Gasteiger partial charge >= 0.3 is 0 Å². The lowest BCUT2D eigenvalue weighted by Gasteiger charge is -2.14. The van der Waals surface area contributed by atoms with E-state index in [1.807, 2.05) is 54.6 Å². The Hall–Kier alpha value is -3.53. The average Bonchev–Trinajstić information content (AvgIpc) is 2.77. The summed E-state index contributed by atoms with van der Waals surface area (Å²) < 4.78 is 16.2. The van der Waals surface area contributed by atoms with Crippen LogP contribution >= 0.6 is 0 Å². The quantitative estimate of drug-likeness (QED) is 0.417. The molecule has 0 heterocycles. The summed E-state index contributed by atoms with van der Waals surface area (Å²) in [5.74, 6) is 1.72. The summed E-state index contributed by atoms with van der Waals surface area (Å²) in [7, 11) is 4.76. The minimum absolute atomic E-state index is 0.141. The van der Waals surface area contributed by atoms with Crippen molar-refractivity contribution in [2.24, 2.45) is 0 Å². The van der Waals surface area contributed by atoms with Crippen LogP contribution in [0.25, 0.3) is 17.2 Å². The highest BCUT2D eigenvalue weighted by molar-refractivity contribution is 6.09. The number of carbonyl (C=O) groups excluding carboxylic acids is 1.